The third-order valence-electron chi connectivity index (χ3n) is 5.76. The van der Waals surface area contributed by atoms with Crippen molar-refractivity contribution in [2.45, 2.75) is 65.1 Å². The molecule has 0 saturated heterocycles. The van der Waals surface area contributed by atoms with E-state index in [-0.39, 0.29) is 17.9 Å². The van der Waals surface area contributed by atoms with E-state index < -0.39 is 0 Å². The van der Waals surface area contributed by atoms with Crippen molar-refractivity contribution in [2.24, 2.45) is 5.92 Å². The van der Waals surface area contributed by atoms with E-state index >= 15 is 0 Å². The zero-order chi connectivity index (χ0) is 21.5. The summed E-state index contributed by atoms with van der Waals surface area (Å²) < 4.78 is 16.7. The molecule has 164 valence electrons. The van der Waals surface area contributed by atoms with Crippen LogP contribution >= 0.6 is 11.3 Å². The van der Waals surface area contributed by atoms with Gasteiger partial charge in [-0.25, -0.2) is 4.98 Å². The second kappa shape index (κ2) is 10.7. The Bertz CT molecular complexity index is 810. The first-order chi connectivity index (χ1) is 14.6. The minimum atomic E-state index is 0.179. The molecule has 0 spiro atoms. The highest BCUT2D eigenvalue weighted by Gasteiger charge is 2.29. The molecule has 30 heavy (non-hydrogen) atoms. The van der Waals surface area contributed by atoms with Crippen molar-refractivity contribution >= 4 is 17.2 Å². The average Bonchev–Trinajstić information content (AvgIpc) is 3.47. The van der Waals surface area contributed by atoms with Gasteiger partial charge in [-0.05, 0) is 38.3 Å². The van der Waals surface area contributed by atoms with Crippen molar-refractivity contribution in [3.8, 4) is 17.2 Å². The Morgan fingerprint density at radius 1 is 1.23 bits per heavy atom. The van der Waals surface area contributed by atoms with E-state index in [2.05, 4.69) is 13.8 Å². The van der Waals surface area contributed by atoms with Crippen LogP contribution in [0.3, 0.4) is 0 Å². The van der Waals surface area contributed by atoms with Crippen molar-refractivity contribution in [1.82, 2.24) is 9.88 Å². The van der Waals surface area contributed by atoms with Crippen LogP contribution in [0, 0.1) is 5.92 Å². The van der Waals surface area contributed by atoms with Crippen molar-refractivity contribution in [2.75, 3.05) is 14.2 Å². The fourth-order valence-corrected chi connectivity index (χ4v) is 4.53. The molecule has 1 fully saturated rings. The molecule has 2 aromatic rings. The Labute approximate surface area is 183 Å². The Balaban J connectivity index is 1.67. The van der Waals surface area contributed by atoms with Gasteiger partial charge in [0.25, 0.3) is 0 Å². The number of carbonyl (C=O) groups is 1. The maximum absolute atomic E-state index is 13.1. The van der Waals surface area contributed by atoms with E-state index in [9.17, 15) is 4.79 Å². The third-order valence-corrected chi connectivity index (χ3v) is 6.64. The molecular formula is C23H32N2O4S. The van der Waals surface area contributed by atoms with Crippen LogP contribution in [0.4, 0.5) is 0 Å². The Kier molecular flexibility index (Phi) is 7.96. The second-order valence-corrected chi connectivity index (χ2v) is 8.66. The number of aromatic nitrogens is 1. The number of hydrogen-bond acceptors (Lipinski definition) is 6. The summed E-state index contributed by atoms with van der Waals surface area (Å²) in [5.74, 6) is 2.27. The monoisotopic (exact) mass is 432 g/mol. The fourth-order valence-electron chi connectivity index (χ4n) is 3.83. The number of rotatable bonds is 10. The summed E-state index contributed by atoms with van der Waals surface area (Å²) in [5.41, 5.74) is 0.914. The number of para-hydroxylation sites is 1. The van der Waals surface area contributed by atoms with Crippen LogP contribution in [0.5, 0.6) is 17.2 Å². The number of hydrogen-bond donors (Lipinski definition) is 0. The zero-order valence-corrected chi connectivity index (χ0v) is 19.2. The minimum Gasteiger partial charge on any atom is -0.493 e. The highest BCUT2D eigenvalue weighted by Crippen LogP contribution is 2.37. The van der Waals surface area contributed by atoms with Gasteiger partial charge in [0, 0.05) is 17.3 Å². The van der Waals surface area contributed by atoms with E-state index in [0.717, 1.165) is 42.8 Å². The van der Waals surface area contributed by atoms with E-state index in [4.69, 9.17) is 19.2 Å². The van der Waals surface area contributed by atoms with E-state index in [1.807, 2.05) is 28.5 Å². The fraction of sp³-hybridized carbons (Fsp3) is 0.565. The molecule has 0 aliphatic heterocycles. The van der Waals surface area contributed by atoms with Gasteiger partial charge in [0.1, 0.15) is 11.6 Å². The molecule has 1 aliphatic rings. The molecule has 3 rings (SSSR count). The van der Waals surface area contributed by atoms with Gasteiger partial charge in [-0.1, -0.05) is 25.8 Å². The first kappa shape index (κ1) is 22.4. The van der Waals surface area contributed by atoms with Crippen LogP contribution in [-0.4, -0.2) is 36.1 Å². The predicted molar refractivity (Wildman–Crippen MR) is 118 cm³/mol. The maximum atomic E-state index is 13.1. The summed E-state index contributed by atoms with van der Waals surface area (Å²) in [6, 6.07) is 5.74. The summed E-state index contributed by atoms with van der Waals surface area (Å²) in [6.07, 6.45) is 5.29. The van der Waals surface area contributed by atoms with Gasteiger partial charge in [-0.2, -0.15) is 0 Å². The molecule has 1 aliphatic carbocycles. The number of thiazole rings is 1. The molecule has 1 aromatic carbocycles. The summed E-state index contributed by atoms with van der Waals surface area (Å²) in [7, 11) is 3.21. The average molecular weight is 433 g/mol. The van der Waals surface area contributed by atoms with Gasteiger partial charge in [-0.3, -0.25) is 4.79 Å². The highest BCUT2D eigenvalue weighted by molar-refractivity contribution is 7.09. The zero-order valence-electron chi connectivity index (χ0n) is 18.3. The van der Waals surface area contributed by atoms with Crippen molar-refractivity contribution < 1.29 is 19.0 Å². The Morgan fingerprint density at radius 2 is 1.90 bits per heavy atom. The minimum absolute atomic E-state index is 0.179. The smallest absolute Gasteiger partial charge is 0.226 e. The summed E-state index contributed by atoms with van der Waals surface area (Å²) in [6.45, 7) is 5.12. The molecule has 1 unspecified atom stereocenters. The standard InChI is InChI=1S/C23H32N2O4S/c1-5-16(2)25(23(26)17-9-6-7-10-17)13-18-15-30-21(24-18)14-29-22-19(27-3)11-8-12-20(22)28-4/h8,11-12,15-17H,5-7,9-10,13-14H2,1-4H3. The van der Waals surface area contributed by atoms with Gasteiger partial charge < -0.3 is 19.1 Å². The lowest BCUT2D eigenvalue weighted by Gasteiger charge is -2.30. The van der Waals surface area contributed by atoms with Crippen LogP contribution in [0.1, 0.15) is 56.7 Å². The summed E-state index contributed by atoms with van der Waals surface area (Å²) in [4.78, 5) is 19.8. The Hall–Kier alpha value is -2.28. The van der Waals surface area contributed by atoms with Crippen LogP contribution in [0.25, 0.3) is 0 Å². The van der Waals surface area contributed by atoms with Crippen molar-refractivity contribution in [3.63, 3.8) is 0 Å². The van der Waals surface area contributed by atoms with Gasteiger partial charge in [0.2, 0.25) is 11.7 Å². The third kappa shape index (κ3) is 5.25. The van der Waals surface area contributed by atoms with Gasteiger partial charge >= 0.3 is 0 Å². The molecule has 1 heterocycles. The number of benzene rings is 1. The molecule has 0 radical (unpaired) electrons. The summed E-state index contributed by atoms with van der Waals surface area (Å²) in [5, 5.41) is 2.88. The van der Waals surface area contributed by atoms with Crippen molar-refractivity contribution in [3.05, 3.63) is 34.3 Å². The first-order valence-corrected chi connectivity index (χ1v) is 11.5. The molecule has 1 amide bonds. The Morgan fingerprint density at radius 3 is 2.50 bits per heavy atom. The normalized spacial score (nSPS) is 15.1. The van der Waals surface area contributed by atoms with E-state index in [0.29, 0.717) is 30.4 Å². The number of carbonyl (C=O) groups excluding carboxylic acids is 1. The molecule has 1 atom stereocenters. The SMILES string of the molecule is CCC(C)N(Cc1csc(COc2c(OC)cccc2OC)n1)C(=O)C1CCCC1. The molecule has 6 nitrogen and oxygen atoms in total. The van der Waals surface area contributed by atoms with Crippen molar-refractivity contribution in [1.29, 1.82) is 0 Å². The first-order valence-electron chi connectivity index (χ1n) is 10.6. The molecule has 1 aromatic heterocycles. The van der Waals surface area contributed by atoms with E-state index in [1.54, 1.807) is 25.6 Å². The maximum Gasteiger partial charge on any atom is 0.226 e. The highest BCUT2D eigenvalue weighted by atomic mass is 32.1. The van der Waals surface area contributed by atoms with Crippen LogP contribution in [0.15, 0.2) is 23.6 Å². The van der Waals surface area contributed by atoms with Crippen LogP contribution < -0.4 is 14.2 Å². The molecule has 0 N–H and O–H groups in total. The molecule has 1 saturated carbocycles. The van der Waals surface area contributed by atoms with Gasteiger partial charge in [0.05, 0.1) is 26.5 Å². The largest absolute Gasteiger partial charge is 0.493 e. The second-order valence-electron chi connectivity index (χ2n) is 7.72. The van der Waals surface area contributed by atoms with Gasteiger partial charge in [-0.15, -0.1) is 11.3 Å². The number of amides is 1. The number of ether oxygens (including phenoxy) is 3. The number of nitrogens with zero attached hydrogens (tertiary/aromatic N) is 2. The molecule has 0 bridgehead atoms. The molecular weight excluding hydrogens is 400 g/mol. The topological polar surface area (TPSA) is 60.9 Å². The lowest BCUT2D eigenvalue weighted by molar-refractivity contribution is -0.138. The summed E-state index contributed by atoms with van der Waals surface area (Å²) >= 11 is 1.55. The van der Waals surface area contributed by atoms with Gasteiger partial charge in [0.15, 0.2) is 11.5 Å². The lowest BCUT2D eigenvalue weighted by atomic mass is 10.0. The van der Waals surface area contributed by atoms with E-state index in [1.165, 1.54) is 0 Å². The lowest BCUT2D eigenvalue weighted by Crippen LogP contribution is -2.41. The van der Waals surface area contributed by atoms with Crippen LogP contribution in [0.2, 0.25) is 0 Å². The number of methoxy groups -OCH3 is 2. The molecule has 7 heteroatoms. The quantitative estimate of drug-likeness (QED) is 0.525. The van der Waals surface area contributed by atoms with Crippen LogP contribution in [-0.2, 0) is 17.9 Å². The predicted octanol–water partition coefficient (Wildman–Crippen LogP) is 5.06.